The molecule has 4 saturated carbocycles. The smallest absolute Gasteiger partial charge is 0.309 e. The third-order valence-electron chi connectivity index (χ3n) is 11.1. The standard InChI is InChI=1S/C30H53NO4/c1-7-8-15-35-26-18-29(4)20(16-25(26)32)9-10-21-22-11-12-23(28(33)34-6)30(22,5)17-24(27(21)29)31-14-13-19(2)3/h19-27,31-32H,7-18H2,1-6H3/t20?,21-,22-,23?,24?,25?,26?,27-,29-,30-/m0/s1. The lowest BCUT2D eigenvalue weighted by Crippen LogP contribution is -2.64. The average Bonchev–Trinajstić information content (AvgIpc) is 3.15. The van der Waals surface area contributed by atoms with E-state index in [1.165, 1.54) is 19.3 Å². The molecule has 0 aromatic heterocycles. The Hall–Kier alpha value is -0.650. The number of ether oxygens (including phenoxy) is 2. The summed E-state index contributed by atoms with van der Waals surface area (Å²) in [5.74, 6) is 3.05. The molecule has 5 unspecified atom stereocenters. The monoisotopic (exact) mass is 491 g/mol. The Kier molecular flexibility index (Phi) is 8.60. The van der Waals surface area contributed by atoms with E-state index in [-0.39, 0.29) is 34.9 Å². The van der Waals surface area contributed by atoms with Gasteiger partial charge in [-0.2, -0.15) is 0 Å². The maximum Gasteiger partial charge on any atom is 0.309 e. The van der Waals surface area contributed by atoms with E-state index < -0.39 is 0 Å². The van der Waals surface area contributed by atoms with Crippen LogP contribution in [-0.2, 0) is 14.3 Å². The van der Waals surface area contributed by atoms with Gasteiger partial charge in [-0.1, -0.05) is 41.0 Å². The first-order valence-electron chi connectivity index (χ1n) is 14.8. The maximum atomic E-state index is 12.9. The van der Waals surface area contributed by atoms with E-state index in [2.05, 4.69) is 39.9 Å². The zero-order valence-electron chi connectivity index (χ0n) is 23.4. The minimum Gasteiger partial charge on any atom is -0.469 e. The molecule has 0 bridgehead atoms. The number of unbranched alkanes of at least 4 members (excludes halogenated alkanes) is 1. The minimum atomic E-state index is -0.335. The van der Waals surface area contributed by atoms with Crippen molar-refractivity contribution in [2.45, 2.75) is 117 Å². The van der Waals surface area contributed by atoms with Crippen LogP contribution < -0.4 is 5.32 Å². The van der Waals surface area contributed by atoms with E-state index in [4.69, 9.17) is 9.47 Å². The molecule has 202 valence electrons. The number of hydrogen-bond acceptors (Lipinski definition) is 5. The molecule has 4 fully saturated rings. The molecule has 0 amide bonds. The molecule has 0 saturated heterocycles. The van der Waals surface area contributed by atoms with Crippen LogP contribution in [0.2, 0.25) is 0 Å². The number of fused-ring (bicyclic) bond motifs is 5. The summed E-state index contributed by atoms with van der Waals surface area (Å²) in [6.07, 6.45) is 10.4. The van der Waals surface area contributed by atoms with Gasteiger partial charge in [-0.05, 0) is 105 Å². The average molecular weight is 492 g/mol. The van der Waals surface area contributed by atoms with Gasteiger partial charge in [-0.15, -0.1) is 0 Å². The lowest BCUT2D eigenvalue weighted by Gasteiger charge is -2.64. The topological polar surface area (TPSA) is 67.8 Å². The van der Waals surface area contributed by atoms with Crippen LogP contribution in [0, 0.1) is 46.3 Å². The summed E-state index contributed by atoms with van der Waals surface area (Å²) >= 11 is 0. The molecule has 0 radical (unpaired) electrons. The fraction of sp³-hybridized carbons (Fsp3) is 0.967. The van der Waals surface area contributed by atoms with Crippen molar-refractivity contribution >= 4 is 5.97 Å². The maximum absolute atomic E-state index is 12.9. The second kappa shape index (κ2) is 11.0. The van der Waals surface area contributed by atoms with Gasteiger partial charge in [0, 0.05) is 12.6 Å². The highest BCUT2D eigenvalue weighted by molar-refractivity contribution is 5.74. The first kappa shape index (κ1) is 27.4. The predicted molar refractivity (Wildman–Crippen MR) is 140 cm³/mol. The van der Waals surface area contributed by atoms with Gasteiger partial charge in [0.1, 0.15) is 0 Å². The molecule has 0 heterocycles. The largest absolute Gasteiger partial charge is 0.469 e. The number of carbonyl (C=O) groups is 1. The van der Waals surface area contributed by atoms with Crippen LogP contribution in [0.3, 0.4) is 0 Å². The van der Waals surface area contributed by atoms with Crippen molar-refractivity contribution in [1.82, 2.24) is 5.32 Å². The number of nitrogens with one attached hydrogen (secondary N) is 1. The van der Waals surface area contributed by atoms with Crippen molar-refractivity contribution in [1.29, 1.82) is 0 Å². The number of aliphatic hydroxyl groups excluding tert-OH is 1. The van der Waals surface area contributed by atoms with Crippen molar-refractivity contribution in [3.8, 4) is 0 Å². The Labute approximate surface area is 214 Å². The van der Waals surface area contributed by atoms with Crippen LogP contribution in [0.4, 0.5) is 0 Å². The lowest BCUT2D eigenvalue weighted by molar-refractivity contribution is -0.183. The highest BCUT2D eigenvalue weighted by atomic mass is 16.5. The van der Waals surface area contributed by atoms with Crippen LogP contribution in [0.1, 0.15) is 98.8 Å². The molecule has 0 aliphatic heterocycles. The molecule has 4 rings (SSSR count). The molecule has 4 aliphatic carbocycles. The van der Waals surface area contributed by atoms with E-state index in [1.807, 2.05) is 0 Å². The fourth-order valence-corrected chi connectivity index (χ4v) is 9.27. The Bertz CT molecular complexity index is 727. The SMILES string of the molecule is CCCCOC1C[C@@]2(C)C(CC[C@@H]3[C@H]2C(NCCC(C)C)C[C@]2(C)C(C(=O)OC)CC[C@@H]32)CC1O. The van der Waals surface area contributed by atoms with Gasteiger partial charge < -0.3 is 19.9 Å². The zero-order chi connectivity index (χ0) is 25.4. The van der Waals surface area contributed by atoms with E-state index in [0.717, 1.165) is 58.1 Å². The number of hydrogen-bond donors (Lipinski definition) is 2. The number of rotatable bonds is 9. The van der Waals surface area contributed by atoms with Crippen LogP contribution in [0.25, 0.3) is 0 Å². The second-order valence-electron chi connectivity index (χ2n) is 13.5. The molecule has 5 nitrogen and oxygen atoms in total. The van der Waals surface area contributed by atoms with Crippen LogP contribution in [-0.4, -0.2) is 49.6 Å². The Morgan fingerprint density at radius 1 is 1.11 bits per heavy atom. The van der Waals surface area contributed by atoms with Gasteiger partial charge in [0.25, 0.3) is 0 Å². The molecule has 4 aliphatic rings. The van der Waals surface area contributed by atoms with Gasteiger partial charge in [0.05, 0.1) is 25.2 Å². The van der Waals surface area contributed by atoms with Crippen molar-refractivity contribution in [2.24, 2.45) is 46.3 Å². The molecule has 35 heavy (non-hydrogen) atoms. The van der Waals surface area contributed by atoms with Gasteiger partial charge >= 0.3 is 5.97 Å². The van der Waals surface area contributed by atoms with Gasteiger partial charge in [0.2, 0.25) is 0 Å². The molecule has 2 N–H and O–H groups in total. The number of aliphatic hydroxyl groups is 1. The summed E-state index contributed by atoms with van der Waals surface area (Å²) in [4.78, 5) is 12.9. The number of esters is 1. The van der Waals surface area contributed by atoms with E-state index in [9.17, 15) is 9.90 Å². The minimum absolute atomic E-state index is 0.000505. The number of carbonyl (C=O) groups excluding carboxylic acids is 1. The number of methoxy groups -OCH3 is 1. The molecular formula is C30H53NO4. The fourth-order valence-electron chi connectivity index (χ4n) is 9.27. The van der Waals surface area contributed by atoms with Crippen molar-refractivity contribution in [3.05, 3.63) is 0 Å². The summed E-state index contributed by atoms with van der Waals surface area (Å²) in [6.45, 7) is 13.5. The Morgan fingerprint density at radius 2 is 1.89 bits per heavy atom. The molecule has 5 heteroatoms. The lowest BCUT2D eigenvalue weighted by atomic mass is 9.43. The summed E-state index contributed by atoms with van der Waals surface area (Å²) in [6, 6.07) is 0.407. The molecule has 0 spiro atoms. The van der Waals surface area contributed by atoms with E-state index in [1.54, 1.807) is 7.11 Å². The first-order chi connectivity index (χ1) is 16.7. The summed E-state index contributed by atoms with van der Waals surface area (Å²) in [5.41, 5.74) is 0.178. The third-order valence-corrected chi connectivity index (χ3v) is 11.1. The first-order valence-corrected chi connectivity index (χ1v) is 14.8. The summed E-state index contributed by atoms with van der Waals surface area (Å²) < 4.78 is 11.6. The Balaban J connectivity index is 1.63. The van der Waals surface area contributed by atoms with E-state index >= 15 is 0 Å². The zero-order valence-corrected chi connectivity index (χ0v) is 23.4. The van der Waals surface area contributed by atoms with Crippen molar-refractivity contribution in [3.63, 3.8) is 0 Å². The summed E-state index contributed by atoms with van der Waals surface area (Å²) in [5, 5.41) is 15.1. The van der Waals surface area contributed by atoms with Crippen molar-refractivity contribution < 1.29 is 19.4 Å². The Morgan fingerprint density at radius 3 is 2.57 bits per heavy atom. The molecule has 0 aromatic rings. The van der Waals surface area contributed by atoms with Crippen LogP contribution >= 0.6 is 0 Å². The molecular weight excluding hydrogens is 438 g/mol. The molecule has 10 atom stereocenters. The van der Waals surface area contributed by atoms with Crippen LogP contribution in [0.5, 0.6) is 0 Å². The third kappa shape index (κ3) is 5.08. The van der Waals surface area contributed by atoms with E-state index in [0.29, 0.717) is 35.6 Å². The van der Waals surface area contributed by atoms with Gasteiger partial charge in [-0.3, -0.25) is 4.79 Å². The highest BCUT2D eigenvalue weighted by Crippen LogP contribution is 2.67. The molecule has 0 aromatic carbocycles. The normalized spacial score (nSPS) is 45.0. The predicted octanol–water partition coefficient (Wildman–Crippen LogP) is 5.59. The quantitative estimate of drug-likeness (QED) is 0.325. The van der Waals surface area contributed by atoms with Gasteiger partial charge in [0.15, 0.2) is 0 Å². The second-order valence-corrected chi connectivity index (χ2v) is 13.5. The highest BCUT2D eigenvalue weighted by Gasteiger charge is 2.65. The van der Waals surface area contributed by atoms with Crippen molar-refractivity contribution in [2.75, 3.05) is 20.3 Å². The summed E-state index contributed by atoms with van der Waals surface area (Å²) in [7, 11) is 1.56. The van der Waals surface area contributed by atoms with Crippen LogP contribution in [0.15, 0.2) is 0 Å². The van der Waals surface area contributed by atoms with Gasteiger partial charge in [-0.25, -0.2) is 0 Å².